The fourth-order valence-electron chi connectivity index (χ4n) is 2.04. The molecule has 0 amide bonds. The first-order chi connectivity index (χ1) is 7.90. The largest absolute Gasteiger partial charge is 0.480 e. The van der Waals surface area contributed by atoms with E-state index in [2.05, 4.69) is 0 Å². The van der Waals surface area contributed by atoms with Crippen molar-refractivity contribution in [3.8, 4) is 0 Å². The van der Waals surface area contributed by atoms with Crippen molar-refractivity contribution < 1.29 is 24.2 Å². The molecule has 0 spiro atoms. The second-order valence-electron chi connectivity index (χ2n) is 4.71. The van der Waals surface area contributed by atoms with Gasteiger partial charge in [0.05, 0.1) is 18.8 Å². The van der Waals surface area contributed by atoms with Crippen LogP contribution in [-0.4, -0.2) is 35.9 Å². The molecule has 0 aromatic heterocycles. The van der Waals surface area contributed by atoms with Gasteiger partial charge in [-0.3, -0.25) is 9.59 Å². The van der Waals surface area contributed by atoms with Gasteiger partial charge in [0.2, 0.25) is 0 Å². The van der Waals surface area contributed by atoms with Crippen molar-refractivity contribution in [3.05, 3.63) is 0 Å². The van der Waals surface area contributed by atoms with Gasteiger partial charge >= 0.3 is 11.9 Å². The smallest absolute Gasteiger partial charge is 0.323 e. The Bertz CT molecular complexity index is 301. The fourth-order valence-corrected chi connectivity index (χ4v) is 2.04. The SMILES string of the molecule is CCOC(=O)C(C)(CC1CCC(C)O1)C(=O)O. The minimum Gasteiger partial charge on any atom is -0.480 e. The highest BCUT2D eigenvalue weighted by molar-refractivity contribution is 5.98. The number of esters is 1. The third kappa shape index (κ3) is 3.19. The lowest BCUT2D eigenvalue weighted by molar-refractivity contribution is -0.170. The van der Waals surface area contributed by atoms with Crippen molar-refractivity contribution in [3.63, 3.8) is 0 Å². The van der Waals surface area contributed by atoms with Gasteiger partial charge in [0, 0.05) is 6.42 Å². The molecule has 1 heterocycles. The Hall–Kier alpha value is -1.10. The molecule has 0 aromatic carbocycles. The highest BCUT2D eigenvalue weighted by atomic mass is 16.5. The van der Waals surface area contributed by atoms with Crippen LogP contribution in [0, 0.1) is 5.41 Å². The van der Waals surface area contributed by atoms with E-state index in [0.29, 0.717) is 0 Å². The molecule has 1 N–H and O–H groups in total. The van der Waals surface area contributed by atoms with Crippen LogP contribution in [0.3, 0.4) is 0 Å². The molecule has 1 aliphatic heterocycles. The van der Waals surface area contributed by atoms with Gasteiger partial charge in [-0.25, -0.2) is 0 Å². The summed E-state index contributed by atoms with van der Waals surface area (Å²) in [5.74, 6) is -1.84. The van der Waals surface area contributed by atoms with Crippen LogP contribution in [0.1, 0.15) is 40.0 Å². The maximum Gasteiger partial charge on any atom is 0.323 e. The molecule has 1 fully saturated rings. The van der Waals surface area contributed by atoms with E-state index in [1.54, 1.807) is 6.92 Å². The zero-order valence-electron chi connectivity index (χ0n) is 10.6. The second kappa shape index (κ2) is 5.49. The van der Waals surface area contributed by atoms with Gasteiger partial charge in [-0.2, -0.15) is 0 Å². The van der Waals surface area contributed by atoms with E-state index in [1.165, 1.54) is 6.92 Å². The average molecular weight is 244 g/mol. The summed E-state index contributed by atoms with van der Waals surface area (Å²) in [6.07, 6.45) is 1.84. The second-order valence-corrected chi connectivity index (χ2v) is 4.71. The maximum atomic E-state index is 11.7. The zero-order chi connectivity index (χ0) is 13.1. The van der Waals surface area contributed by atoms with E-state index < -0.39 is 17.4 Å². The standard InChI is InChI=1S/C12H20O5/c1-4-16-11(15)12(3,10(13)14)7-9-6-5-8(2)17-9/h8-9H,4-7H2,1-3H3,(H,13,14). The number of carbonyl (C=O) groups excluding carboxylic acids is 1. The summed E-state index contributed by atoms with van der Waals surface area (Å²) in [6, 6.07) is 0. The molecule has 0 aromatic rings. The van der Waals surface area contributed by atoms with Crippen molar-refractivity contribution in [1.82, 2.24) is 0 Å². The van der Waals surface area contributed by atoms with Gasteiger partial charge in [-0.15, -0.1) is 0 Å². The summed E-state index contributed by atoms with van der Waals surface area (Å²) in [6.45, 7) is 5.19. The molecule has 5 nitrogen and oxygen atoms in total. The van der Waals surface area contributed by atoms with Crippen LogP contribution in [-0.2, 0) is 19.1 Å². The van der Waals surface area contributed by atoms with Crippen LogP contribution in [0.2, 0.25) is 0 Å². The van der Waals surface area contributed by atoms with E-state index in [-0.39, 0.29) is 25.2 Å². The minimum atomic E-state index is -1.51. The van der Waals surface area contributed by atoms with Crippen LogP contribution in [0.15, 0.2) is 0 Å². The number of hydrogen-bond acceptors (Lipinski definition) is 4. The third-order valence-corrected chi connectivity index (χ3v) is 3.15. The van der Waals surface area contributed by atoms with Crippen molar-refractivity contribution >= 4 is 11.9 Å². The Morgan fingerprint density at radius 2 is 2.12 bits per heavy atom. The molecule has 17 heavy (non-hydrogen) atoms. The molecule has 1 aliphatic rings. The molecule has 0 radical (unpaired) electrons. The molecular formula is C12H20O5. The van der Waals surface area contributed by atoms with Gasteiger partial charge in [-0.05, 0) is 33.6 Å². The Kier molecular flexibility index (Phi) is 4.51. The van der Waals surface area contributed by atoms with Gasteiger partial charge in [-0.1, -0.05) is 0 Å². The summed E-state index contributed by atoms with van der Waals surface area (Å²) >= 11 is 0. The lowest BCUT2D eigenvalue weighted by Crippen LogP contribution is -2.40. The first-order valence-electron chi connectivity index (χ1n) is 5.96. The number of carboxylic acid groups (broad SMARTS) is 1. The number of ether oxygens (including phenoxy) is 2. The minimum absolute atomic E-state index is 0.139. The number of aliphatic carboxylic acids is 1. The molecule has 1 saturated heterocycles. The van der Waals surface area contributed by atoms with E-state index in [1.807, 2.05) is 6.92 Å². The van der Waals surface area contributed by atoms with Crippen LogP contribution in [0.25, 0.3) is 0 Å². The summed E-state index contributed by atoms with van der Waals surface area (Å²) in [7, 11) is 0. The Morgan fingerprint density at radius 3 is 2.53 bits per heavy atom. The Labute approximate surface area is 101 Å². The predicted octanol–water partition coefficient (Wildman–Crippen LogP) is 1.60. The fraction of sp³-hybridized carbons (Fsp3) is 0.833. The van der Waals surface area contributed by atoms with E-state index >= 15 is 0 Å². The molecule has 0 saturated carbocycles. The molecule has 98 valence electrons. The quantitative estimate of drug-likeness (QED) is 0.587. The number of carbonyl (C=O) groups is 2. The van der Waals surface area contributed by atoms with Gasteiger partial charge in [0.25, 0.3) is 0 Å². The van der Waals surface area contributed by atoms with E-state index in [0.717, 1.165) is 12.8 Å². The van der Waals surface area contributed by atoms with Crippen LogP contribution >= 0.6 is 0 Å². The molecule has 0 aliphatic carbocycles. The normalized spacial score (nSPS) is 27.5. The van der Waals surface area contributed by atoms with Gasteiger partial charge < -0.3 is 14.6 Å². The summed E-state index contributed by atoms with van der Waals surface area (Å²) in [5, 5.41) is 9.20. The summed E-state index contributed by atoms with van der Waals surface area (Å²) < 4.78 is 10.4. The number of carboxylic acids is 1. The maximum absolute atomic E-state index is 11.7. The molecule has 0 bridgehead atoms. The highest BCUT2D eigenvalue weighted by Gasteiger charge is 2.46. The van der Waals surface area contributed by atoms with E-state index in [4.69, 9.17) is 9.47 Å². The van der Waals surface area contributed by atoms with Gasteiger partial charge in [0.15, 0.2) is 5.41 Å². The lowest BCUT2D eigenvalue weighted by Gasteiger charge is -2.25. The monoisotopic (exact) mass is 244 g/mol. The topological polar surface area (TPSA) is 72.8 Å². The molecule has 1 rings (SSSR count). The Balaban J connectivity index is 2.71. The van der Waals surface area contributed by atoms with Crippen molar-refractivity contribution in [2.45, 2.75) is 52.2 Å². The zero-order valence-corrected chi connectivity index (χ0v) is 10.6. The van der Waals surface area contributed by atoms with Crippen molar-refractivity contribution in [2.24, 2.45) is 5.41 Å². The summed E-state index contributed by atoms with van der Waals surface area (Å²) in [5.41, 5.74) is -1.51. The van der Waals surface area contributed by atoms with Crippen molar-refractivity contribution in [1.29, 1.82) is 0 Å². The molecular weight excluding hydrogens is 224 g/mol. The molecule has 3 unspecified atom stereocenters. The van der Waals surface area contributed by atoms with Crippen molar-refractivity contribution in [2.75, 3.05) is 6.61 Å². The van der Waals surface area contributed by atoms with Crippen LogP contribution in [0.5, 0.6) is 0 Å². The van der Waals surface area contributed by atoms with Gasteiger partial charge in [0.1, 0.15) is 0 Å². The van der Waals surface area contributed by atoms with Crippen LogP contribution in [0.4, 0.5) is 0 Å². The lowest BCUT2D eigenvalue weighted by atomic mass is 9.84. The highest BCUT2D eigenvalue weighted by Crippen LogP contribution is 2.32. The third-order valence-electron chi connectivity index (χ3n) is 3.15. The first-order valence-corrected chi connectivity index (χ1v) is 5.96. The Morgan fingerprint density at radius 1 is 1.47 bits per heavy atom. The average Bonchev–Trinajstić information content (AvgIpc) is 2.63. The predicted molar refractivity (Wildman–Crippen MR) is 60.6 cm³/mol. The molecule has 3 atom stereocenters. The molecule has 5 heteroatoms. The summed E-state index contributed by atoms with van der Waals surface area (Å²) in [4.78, 5) is 23.0. The number of rotatable bonds is 5. The van der Waals surface area contributed by atoms with Crippen LogP contribution < -0.4 is 0 Å². The first kappa shape index (κ1) is 14.0. The van der Waals surface area contributed by atoms with E-state index in [9.17, 15) is 14.7 Å². The number of hydrogen-bond donors (Lipinski definition) is 1.